The molecule has 6 nitrogen and oxygen atoms in total. The highest BCUT2D eigenvalue weighted by atomic mass is 16.5. The van der Waals surface area contributed by atoms with Gasteiger partial charge in [0.2, 0.25) is 5.43 Å². The highest BCUT2D eigenvalue weighted by Crippen LogP contribution is 2.31. The summed E-state index contributed by atoms with van der Waals surface area (Å²) in [5.41, 5.74) is 0.172. The number of hydrogen-bond acceptors (Lipinski definition) is 5. The Bertz CT molecular complexity index is 823. The summed E-state index contributed by atoms with van der Waals surface area (Å²) in [6, 6.07) is 3.37. The molecule has 0 radical (unpaired) electrons. The minimum absolute atomic E-state index is 0.0231. The molecule has 0 saturated heterocycles. The number of benzene rings is 1. The Kier molecular flexibility index (Phi) is 6.66. The van der Waals surface area contributed by atoms with E-state index in [-0.39, 0.29) is 17.6 Å². The molecular weight excluding hydrogens is 334 g/mol. The number of ether oxygens (including phenoxy) is 3. The van der Waals surface area contributed by atoms with Crippen LogP contribution in [-0.2, 0) is 4.74 Å². The van der Waals surface area contributed by atoms with Crippen LogP contribution in [0.15, 0.2) is 23.1 Å². The van der Waals surface area contributed by atoms with E-state index in [0.29, 0.717) is 47.5 Å². The SMILES string of the molecule is CCOC(=O)c1c[nH]c2cc(OCC(C)C)c(OCC(C)C)cc2c1=O. The molecule has 0 spiro atoms. The third-order valence-electron chi connectivity index (χ3n) is 3.58. The number of nitrogens with one attached hydrogen (secondary N) is 1. The zero-order valence-corrected chi connectivity index (χ0v) is 16.0. The maximum absolute atomic E-state index is 12.7. The summed E-state index contributed by atoms with van der Waals surface area (Å²) in [4.78, 5) is 27.6. The van der Waals surface area contributed by atoms with Crippen molar-refractivity contribution < 1.29 is 19.0 Å². The van der Waals surface area contributed by atoms with Crippen molar-refractivity contribution in [3.63, 3.8) is 0 Å². The molecule has 1 N–H and O–H groups in total. The summed E-state index contributed by atoms with van der Waals surface area (Å²) >= 11 is 0. The molecule has 26 heavy (non-hydrogen) atoms. The molecule has 0 aliphatic carbocycles. The van der Waals surface area contributed by atoms with Crippen LogP contribution in [0.1, 0.15) is 45.0 Å². The van der Waals surface area contributed by atoms with E-state index in [9.17, 15) is 9.59 Å². The van der Waals surface area contributed by atoms with Crippen LogP contribution in [-0.4, -0.2) is 30.8 Å². The Morgan fingerprint density at radius 2 is 1.62 bits per heavy atom. The number of pyridine rings is 1. The fraction of sp³-hybridized carbons (Fsp3) is 0.500. The molecule has 1 aromatic heterocycles. The van der Waals surface area contributed by atoms with Crippen LogP contribution in [0.3, 0.4) is 0 Å². The second-order valence-corrected chi connectivity index (χ2v) is 7.01. The van der Waals surface area contributed by atoms with Crippen LogP contribution < -0.4 is 14.9 Å². The second kappa shape index (κ2) is 8.74. The smallest absolute Gasteiger partial charge is 0.343 e. The van der Waals surface area contributed by atoms with Crippen molar-refractivity contribution in [3.8, 4) is 11.5 Å². The van der Waals surface area contributed by atoms with E-state index in [2.05, 4.69) is 18.8 Å². The van der Waals surface area contributed by atoms with Gasteiger partial charge in [-0.3, -0.25) is 4.79 Å². The molecule has 2 aromatic rings. The number of aromatic amines is 1. The van der Waals surface area contributed by atoms with Crippen LogP contribution in [0.4, 0.5) is 0 Å². The van der Waals surface area contributed by atoms with Gasteiger partial charge in [-0.2, -0.15) is 0 Å². The second-order valence-electron chi connectivity index (χ2n) is 7.01. The molecule has 1 heterocycles. The lowest BCUT2D eigenvalue weighted by atomic mass is 10.1. The van der Waals surface area contributed by atoms with Gasteiger partial charge in [0, 0.05) is 12.3 Å². The first-order chi connectivity index (χ1) is 12.3. The summed E-state index contributed by atoms with van der Waals surface area (Å²) in [5.74, 6) is 1.12. The van der Waals surface area contributed by atoms with Gasteiger partial charge in [-0.25, -0.2) is 4.79 Å². The van der Waals surface area contributed by atoms with E-state index in [0.717, 1.165) is 0 Å². The van der Waals surface area contributed by atoms with Gasteiger partial charge in [0.05, 0.1) is 30.7 Å². The molecule has 6 heteroatoms. The zero-order valence-electron chi connectivity index (χ0n) is 16.0. The Labute approximate surface area is 153 Å². The van der Waals surface area contributed by atoms with Gasteiger partial charge >= 0.3 is 5.97 Å². The van der Waals surface area contributed by atoms with Crippen LogP contribution in [0, 0.1) is 11.8 Å². The quantitative estimate of drug-likeness (QED) is 0.724. The minimum atomic E-state index is -0.638. The Hall–Kier alpha value is -2.50. The Morgan fingerprint density at radius 1 is 1.04 bits per heavy atom. The number of carbonyl (C=O) groups excluding carboxylic acids is 1. The molecule has 0 aliphatic rings. The van der Waals surface area contributed by atoms with Gasteiger partial charge in [0.15, 0.2) is 11.5 Å². The third-order valence-corrected chi connectivity index (χ3v) is 3.58. The molecule has 0 amide bonds. The highest BCUT2D eigenvalue weighted by molar-refractivity contribution is 5.94. The monoisotopic (exact) mass is 361 g/mol. The highest BCUT2D eigenvalue weighted by Gasteiger charge is 2.17. The van der Waals surface area contributed by atoms with Crippen molar-refractivity contribution in [1.29, 1.82) is 0 Å². The molecule has 0 atom stereocenters. The van der Waals surface area contributed by atoms with Crippen molar-refractivity contribution in [3.05, 3.63) is 34.1 Å². The fourth-order valence-corrected chi connectivity index (χ4v) is 2.33. The zero-order chi connectivity index (χ0) is 19.3. The largest absolute Gasteiger partial charge is 0.489 e. The standard InChI is InChI=1S/C20H27NO5/c1-6-24-20(23)15-9-21-16-8-18(26-11-13(4)5)17(25-10-12(2)3)7-14(16)19(15)22/h7-9,12-13H,6,10-11H2,1-5H3,(H,21,22). The topological polar surface area (TPSA) is 77.6 Å². The van der Waals surface area contributed by atoms with Crippen molar-refractivity contribution >= 4 is 16.9 Å². The number of H-pyrrole nitrogens is 1. The van der Waals surface area contributed by atoms with E-state index in [1.165, 1.54) is 6.20 Å². The first kappa shape index (κ1) is 19.8. The van der Waals surface area contributed by atoms with E-state index in [4.69, 9.17) is 14.2 Å². The molecule has 0 saturated carbocycles. The average molecular weight is 361 g/mol. The van der Waals surface area contributed by atoms with Gasteiger partial charge in [-0.05, 0) is 24.8 Å². The molecule has 0 fully saturated rings. The first-order valence-electron chi connectivity index (χ1n) is 8.95. The predicted octanol–water partition coefficient (Wildman–Crippen LogP) is 3.77. The molecule has 0 bridgehead atoms. The molecular formula is C20H27NO5. The number of hydrogen-bond donors (Lipinski definition) is 1. The summed E-state index contributed by atoms with van der Waals surface area (Å²) in [6.07, 6.45) is 1.38. The molecule has 1 aromatic carbocycles. The van der Waals surface area contributed by atoms with E-state index < -0.39 is 5.97 Å². The van der Waals surface area contributed by atoms with Gasteiger partial charge in [-0.15, -0.1) is 0 Å². The maximum Gasteiger partial charge on any atom is 0.343 e. The van der Waals surface area contributed by atoms with Gasteiger partial charge in [-0.1, -0.05) is 27.7 Å². The molecule has 2 rings (SSSR count). The lowest BCUT2D eigenvalue weighted by Crippen LogP contribution is -2.18. The van der Waals surface area contributed by atoms with Crippen LogP contribution in [0.2, 0.25) is 0 Å². The number of aromatic nitrogens is 1. The summed E-state index contributed by atoms with van der Waals surface area (Å²) in [7, 11) is 0. The molecule has 0 aliphatic heterocycles. The van der Waals surface area contributed by atoms with Gasteiger partial charge in [0.25, 0.3) is 0 Å². The Balaban J connectivity index is 2.51. The van der Waals surface area contributed by atoms with Crippen LogP contribution in [0.5, 0.6) is 11.5 Å². The van der Waals surface area contributed by atoms with Gasteiger partial charge < -0.3 is 19.2 Å². The van der Waals surface area contributed by atoms with E-state index in [1.54, 1.807) is 19.1 Å². The first-order valence-corrected chi connectivity index (χ1v) is 8.95. The summed E-state index contributed by atoms with van der Waals surface area (Å²) < 4.78 is 16.6. The lowest BCUT2D eigenvalue weighted by molar-refractivity contribution is 0.0524. The third kappa shape index (κ3) is 4.77. The lowest BCUT2D eigenvalue weighted by Gasteiger charge is -2.16. The number of rotatable bonds is 8. The molecule has 142 valence electrons. The minimum Gasteiger partial charge on any atom is -0.489 e. The van der Waals surface area contributed by atoms with Crippen molar-refractivity contribution in [2.75, 3.05) is 19.8 Å². The van der Waals surface area contributed by atoms with Crippen molar-refractivity contribution in [2.24, 2.45) is 11.8 Å². The van der Waals surface area contributed by atoms with E-state index in [1.807, 2.05) is 13.8 Å². The van der Waals surface area contributed by atoms with Gasteiger partial charge in [0.1, 0.15) is 5.56 Å². The maximum atomic E-state index is 12.7. The Morgan fingerprint density at radius 3 is 2.15 bits per heavy atom. The van der Waals surface area contributed by atoms with Crippen molar-refractivity contribution in [2.45, 2.75) is 34.6 Å². The number of carbonyl (C=O) groups is 1. The number of fused-ring (bicyclic) bond motifs is 1. The molecule has 0 unspecified atom stereocenters. The van der Waals surface area contributed by atoms with Crippen molar-refractivity contribution in [1.82, 2.24) is 4.98 Å². The fourth-order valence-electron chi connectivity index (χ4n) is 2.33. The predicted molar refractivity (Wildman–Crippen MR) is 101 cm³/mol. The van der Waals surface area contributed by atoms with Crippen LogP contribution in [0.25, 0.3) is 10.9 Å². The normalized spacial score (nSPS) is 11.2. The summed E-state index contributed by atoms with van der Waals surface area (Å²) in [5, 5.41) is 0.367. The number of esters is 1. The van der Waals surface area contributed by atoms with Crippen LogP contribution >= 0.6 is 0 Å². The van der Waals surface area contributed by atoms with E-state index >= 15 is 0 Å². The summed E-state index contributed by atoms with van der Waals surface area (Å²) in [6.45, 7) is 11.1. The average Bonchev–Trinajstić information content (AvgIpc) is 2.58.